The summed E-state index contributed by atoms with van der Waals surface area (Å²) in [6, 6.07) is 6.90. The van der Waals surface area contributed by atoms with Crippen molar-refractivity contribution >= 4 is 38.8 Å². The smallest absolute Gasteiger partial charge is 0.228 e. The fraction of sp³-hybridized carbons (Fsp3) is 0.500. The first-order valence-corrected chi connectivity index (χ1v) is 12.2. The second kappa shape index (κ2) is 10.4. The summed E-state index contributed by atoms with van der Waals surface area (Å²) in [6.45, 7) is 10.6. The Morgan fingerprint density at radius 2 is 2.07 bits per heavy atom. The summed E-state index contributed by atoms with van der Waals surface area (Å²) < 4.78 is 28.1. The van der Waals surface area contributed by atoms with Crippen LogP contribution < -0.4 is 5.32 Å². The van der Waals surface area contributed by atoms with E-state index in [1.165, 1.54) is 0 Å². The van der Waals surface area contributed by atoms with Gasteiger partial charge >= 0.3 is 0 Å². The Labute approximate surface area is 184 Å². The summed E-state index contributed by atoms with van der Waals surface area (Å²) in [4.78, 5) is 6.30. The molecule has 9 heteroatoms. The van der Waals surface area contributed by atoms with Gasteiger partial charge in [0.15, 0.2) is 5.11 Å². The van der Waals surface area contributed by atoms with E-state index >= 15 is 0 Å². The van der Waals surface area contributed by atoms with E-state index in [-0.39, 0.29) is 16.8 Å². The van der Waals surface area contributed by atoms with Crippen LogP contribution in [0.4, 0.5) is 0 Å². The topological polar surface area (TPSA) is 67.2 Å². The molecule has 0 saturated carbocycles. The number of nitrogens with one attached hydrogen (secondary N) is 1. The summed E-state index contributed by atoms with van der Waals surface area (Å²) in [5.41, 5.74) is 1.46. The first-order chi connectivity index (χ1) is 13.7. The SMILES string of the molecule is CCNC(=S)N(CC)Cc1cnc(S(=O)(=O)Cc2cccc(Cl)c2)n1CC(C)C. The number of hydrogen-bond acceptors (Lipinski definition) is 4. The molecule has 0 bridgehead atoms. The number of aromatic nitrogens is 2. The molecule has 1 heterocycles. The lowest BCUT2D eigenvalue weighted by molar-refractivity contribution is 0.394. The molecule has 1 aromatic heterocycles. The quantitative estimate of drug-likeness (QED) is 0.577. The van der Waals surface area contributed by atoms with Gasteiger partial charge < -0.3 is 14.8 Å². The van der Waals surface area contributed by atoms with Crippen LogP contribution in [0.15, 0.2) is 35.6 Å². The highest BCUT2D eigenvalue weighted by Crippen LogP contribution is 2.21. The molecule has 1 aromatic carbocycles. The number of imidazole rings is 1. The molecule has 0 unspecified atom stereocenters. The number of thiocarbonyl (C=S) groups is 1. The number of halogens is 1. The Morgan fingerprint density at radius 1 is 1.34 bits per heavy atom. The predicted octanol–water partition coefficient (Wildman–Crippen LogP) is 3.88. The van der Waals surface area contributed by atoms with Gasteiger partial charge in [0, 0.05) is 24.7 Å². The van der Waals surface area contributed by atoms with E-state index in [4.69, 9.17) is 23.8 Å². The molecular weight excluding hydrogens is 428 g/mol. The van der Waals surface area contributed by atoms with Crippen LogP contribution in [-0.2, 0) is 28.7 Å². The van der Waals surface area contributed by atoms with Gasteiger partial charge in [-0.3, -0.25) is 0 Å². The van der Waals surface area contributed by atoms with Crippen LogP contribution >= 0.6 is 23.8 Å². The van der Waals surface area contributed by atoms with Crippen molar-refractivity contribution in [3.8, 4) is 0 Å². The van der Waals surface area contributed by atoms with Crippen molar-refractivity contribution in [3.63, 3.8) is 0 Å². The average Bonchev–Trinajstić information content (AvgIpc) is 3.02. The maximum absolute atomic E-state index is 13.1. The molecule has 29 heavy (non-hydrogen) atoms. The van der Waals surface area contributed by atoms with Gasteiger partial charge in [-0.2, -0.15) is 0 Å². The zero-order chi connectivity index (χ0) is 21.6. The van der Waals surface area contributed by atoms with E-state index < -0.39 is 9.84 Å². The summed E-state index contributed by atoms with van der Waals surface area (Å²) in [5, 5.41) is 4.40. The van der Waals surface area contributed by atoms with Crippen LogP contribution in [0.5, 0.6) is 0 Å². The largest absolute Gasteiger partial charge is 0.363 e. The van der Waals surface area contributed by atoms with E-state index in [0.717, 1.165) is 12.2 Å². The third-order valence-electron chi connectivity index (χ3n) is 4.32. The Bertz CT molecular complexity index is 942. The molecule has 160 valence electrons. The highest BCUT2D eigenvalue weighted by molar-refractivity contribution is 7.90. The van der Waals surface area contributed by atoms with E-state index in [1.807, 2.05) is 23.3 Å². The molecule has 0 fully saturated rings. The first-order valence-electron chi connectivity index (χ1n) is 9.72. The number of hydrogen-bond donors (Lipinski definition) is 1. The highest BCUT2D eigenvalue weighted by Gasteiger charge is 2.25. The minimum atomic E-state index is -3.63. The Kier molecular flexibility index (Phi) is 8.48. The Hall–Kier alpha value is -1.64. The van der Waals surface area contributed by atoms with Gasteiger partial charge in [-0.1, -0.05) is 37.6 Å². The number of sulfone groups is 1. The third kappa shape index (κ3) is 6.42. The second-order valence-electron chi connectivity index (χ2n) is 7.28. The highest BCUT2D eigenvalue weighted by atomic mass is 35.5. The van der Waals surface area contributed by atoms with Crippen LogP contribution in [0.3, 0.4) is 0 Å². The summed E-state index contributed by atoms with van der Waals surface area (Å²) in [6.07, 6.45) is 1.64. The third-order valence-corrected chi connectivity index (χ3v) is 6.56. The molecule has 0 amide bonds. The molecule has 0 aliphatic heterocycles. The van der Waals surface area contributed by atoms with Crippen LogP contribution in [-0.4, -0.2) is 41.1 Å². The molecule has 6 nitrogen and oxygen atoms in total. The zero-order valence-corrected chi connectivity index (χ0v) is 19.7. The standard InChI is InChI=1S/C20H29ClN4O2S2/c1-5-22-19(28)24(6-2)13-18-11-23-20(25(18)12-15(3)4)29(26,27)14-16-8-7-9-17(21)10-16/h7-11,15H,5-6,12-14H2,1-4H3,(H,22,28). The fourth-order valence-corrected chi connectivity index (χ4v) is 5.06. The maximum atomic E-state index is 13.1. The maximum Gasteiger partial charge on any atom is 0.228 e. The summed E-state index contributed by atoms with van der Waals surface area (Å²) in [5.74, 6) is 0.119. The zero-order valence-electron chi connectivity index (χ0n) is 17.4. The van der Waals surface area contributed by atoms with E-state index in [0.29, 0.717) is 35.3 Å². The van der Waals surface area contributed by atoms with Crippen molar-refractivity contribution in [2.24, 2.45) is 5.92 Å². The van der Waals surface area contributed by atoms with Crippen LogP contribution in [0.25, 0.3) is 0 Å². The van der Waals surface area contributed by atoms with Gasteiger partial charge in [0.05, 0.1) is 24.2 Å². The average molecular weight is 457 g/mol. The van der Waals surface area contributed by atoms with E-state index in [2.05, 4.69) is 24.1 Å². The van der Waals surface area contributed by atoms with Crippen molar-refractivity contribution in [2.45, 2.75) is 51.7 Å². The monoisotopic (exact) mass is 456 g/mol. The second-order valence-corrected chi connectivity index (χ2v) is 9.98. The predicted molar refractivity (Wildman–Crippen MR) is 122 cm³/mol. The number of benzene rings is 1. The normalized spacial score (nSPS) is 11.7. The van der Waals surface area contributed by atoms with Gasteiger partial charge in [-0.05, 0) is 49.7 Å². The minimum absolute atomic E-state index is 0.0894. The molecule has 0 saturated heterocycles. The van der Waals surface area contributed by atoms with Gasteiger partial charge in [-0.25, -0.2) is 13.4 Å². The van der Waals surface area contributed by atoms with Crippen LogP contribution in [0, 0.1) is 5.92 Å². The molecule has 2 rings (SSSR count). The summed E-state index contributed by atoms with van der Waals surface area (Å²) >= 11 is 11.5. The van der Waals surface area contributed by atoms with Crippen molar-refractivity contribution < 1.29 is 8.42 Å². The van der Waals surface area contributed by atoms with Crippen molar-refractivity contribution in [2.75, 3.05) is 13.1 Å². The molecule has 1 N–H and O–H groups in total. The fourth-order valence-electron chi connectivity index (χ4n) is 3.02. The Balaban J connectivity index is 2.38. The van der Waals surface area contributed by atoms with Crippen molar-refractivity contribution in [1.29, 1.82) is 0 Å². The first kappa shape index (κ1) is 23.6. The van der Waals surface area contributed by atoms with Gasteiger partial charge in [-0.15, -0.1) is 0 Å². The van der Waals surface area contributed by atoms with Gasteiger partial charge in [0.1, 0.15) is 0 Å². The summed E-state index contributed by atoms with van der Waals surface area (Å²) in [7, 11) is -3.63. The molecule has 0 spiro atoms. The van der Waals surface area contributed by atoms with Gasteiger partial charge in [0.2, 0.25) is 15.0 Å². The molecular formula is C20H29ClN4O2S2. The van der Waals surface area contributed by atoms with Crippen LogP contribution in [0.1, 0.15) is 39.0 Å². The number of rotatable bonds is 9. The molecule has 0 aliphatic rings. The Morgan fingerprint density at radius 3 is 2.66 bits per heavy atom. The lowest BCUT2D eigenvalue weighted by Gasteiger charge is -2.25. The molecule has 2 aromatic rings. The lowest BCUT2D eigenvalue weighted by atomic mass is 10.2. The van der Waals surface area contributed by atoms with E-state index in [9.17, 15) is 8.42 Å². The van der Waals surface area contributed by atoms with E-state index in [1.54, 1.807) is 30.5 Å². The van der Waals surface area contributed by atoms with Crippen molar-refractivity contribution in [3.05, 3.63) is 46.7 Å². The molecule has 0 radical (unpaired) electrons. The minimum Gasteiger partial charge on any atom is -0.363 e. The number of nitrogens with zero attached hydrogens (tertiary/aromatic N) is 3. The molecule has 0 atom stereocenters. The molecule has 0 aliphatic carbocycles. The van der Waals surface area contributed by atoms with Gasteiger partial charge in [0.25, 0.3) is 0 Å². The lowest BCUT2D eigenvalue weighted by Crippen LogP contribution is -2.39. The van der Waals surface area contributed by atoms with Crippen LogP contribution in [0.2, 0.25) is 5.02 Å². The van der Waals surface area contributed by atoms with Crippen molar-refractivity contribution in [1.82, 2.24) is 19.8 Å².